The SMILES string of the molecule is CC(NC(=O)C1CCC(N)C1)c1ccccc1-n1cccn1. The van der Waals surface area contributed by atoms with Crippen LogP contribution < -0.4 is 11.1 Å². The van der Waals surface area contributed by atoms with Crippen LogP contribution in [0.4, 0.5) is 0 Å². The molecule has 1 heterocycles. The van der Waals surface area contributed by atoms with Gasteiger partial charge in [0, 0.05) is 24.4 Å². The first-order valence-corrected chi connectivity index (χ1v) is 7.80. The van der Waals surface area contributed by atoms with Gasteiger partial charge in [-0.15, -0.1) is 0 Å². The van der Waals surface area contributed by atoms with Gasteiger partial charge in [0.15, 0.2) is 0 Å². The predicted octanol–water partition coefficient (Wildman–Crippen LogP) is 2.18. The van der Waals surface area contributed by atoms with E-state index in [1.807, 2.05) is 48.1 Å². The summed E-state index contributed by atoms with van der Waals surface area (Å²) in [5.41, 5.74) is 7.95. The van der Waals surface area contributed by atoms with Gasteiger partial charge in [-0.25, -0.2) is 4.68 Å². The second kappa shape index (κ2) is 6.32. The Labute approximate surface area is 130 Å². The Morgan fingerprint density at radius 1 is 1.36 bits per heavy atom. The Bertz CT molecular complexity index is 638. The molecule has 5 nitrogen and oxygen atoms in total. The molecule has 0 radical (unpaired) electrons. The van der Waals surface area contributed by atoms with Crippen molar-refractivity contribution < 1.29 is 4.79 Å². The monoisotopic (exact) mass is 298 g/mol. The second-order valence-electron chi connectivity index (χ2n) is 6.01. The molecule has 3 N–H and O–H groups in total. The summed E-state index contributed by atoms with van der Waals surface area (Å²) in [6, 6.07) is 9.99. The molecule has 1 fully saturated rings. The summed E-state index contributed by atoms with van der Waals surface area (Å²) < 4.78 is 1.82. The van der Waals surface area contributed by atoms with E-state index in [-0.39, 0.29) is 23.9 Å². The first-order valence-electron chi connectivity index (χ1n) is 7.80. The molecule has 0 aliphatic heterocycles. The van der Waals surface area contributed by atoms with E-state index in [4.69, 9.17) is 5.73 Å². The molecule has 2 aromatic rings. The third kappa shape index (κ3) is 3.04. The fraction of sp³-hybridized carbons (Fsp3) is 0.412. The number of para-hydroxylation sites is 1. The molecule has 3 atom stereocenters. The Balaban J connectivity index is 1.75. The van der Waals surface area contributed by atoms with Gasteiger partial charge in [-0.05, 0) is 43.9 Å². The van der Waals surface area contributed by atoms with Gasteiger partial charge in [0.1, 0.15) is 0 Å². The number of benzene rings is 1. The summed E-state index contributed by atoms with van der Waals surface area (Å²) in [5.74, 6) is 0.157. The summed E-state index contributed by atoms with van der Waals surface area (Å²) in [7, 11) is 0. The smallest absolute Gasteiger partial charge is 0.223 e. The van der Waals surface area contributed by atoms with Gasteiger partial charge in [0.25, 0.3) is 0 Å². The number of hydrogen-bond donors (Lipinski definition) is 2. The van der Waals surface area contributed by atoms with Crippen molar-refractivity contribution in [3.63, 3.8) is 0 Å². The average Bonchev–Trinajstić information content (AvgIpc) is 3.18. The van der Waals surface area contributed by atoms with Crippen LogP contribution in [0.25, 0.3) is 5.69 Å². The zero-order chi connectivity index (χ0) is 15.5. The zero-order valence-corrected chi connectivity index (χ0v) is 12.8. The van der Waals surface area contributed by atoms with Crippen molar-refractivity contribution in [1.29, 1.82) is 0 Å². The molecule has 116 valence electrons. The molecule has 0 spiro atoms. The molecule has 1 aromatic heterocycles. The molecule has 3 rings (SSSR count). The molecule has 22 heavy (non-hydrogen) atoms. The lowest BCUT2D eigenvalue weighted by Gasteiger charge is -2.20. The average molecular weight is 298 g/mol. The Hall–Kier alpha value is -2.14. The number of carbonyl (C=O) groups is 1. The summed E-state index contributed by atoms with van der Waals surface area (Å²) in [6.45, 7) is 2.01. The van der Waals surface area contributed by atoms with E-state index in [0.29, 0.717) is 0 Å². The molecule has 0 saturated heterocycles. The topological polar surface area (TPSA) is 72.9 Å². The van der Waals surface area contributed by atoms with Crippen LogP contribution in [0.3, 0.4) is 0 Å². The molecule has 1 amide bonds. The van der Waals surface area contributed by atoms with E-state index in [1.54, 1.807) is 6.20 Å². The molecule has 1 aliphatic rings. The first-order chi connectivity index (χ1) is 10.6. The second-order valence-corrected chi connectivity index (χ2v) is 6.01. The first kappa shape index (κ1) is 14.8. The molecule has 1 aromatic carbocycles. The summed E-state index contributed by atoms with van der Waals surface area (Å²) in [5, 5.41) is 7.41. The van der Waals surface area contributed by atoms with Gasteiger partial charge in [0.2, 0.25) is 5.91 Å². The predicted molar refractivity (Wildman–Crippen MR) is 85.4 cm³/mol. The quantitative estimate of drug-likeness (QED) is 0.908. The normalized spacial score (nSPS) is 22.5. The summed E-state index contributed by atoms with van der Waals surface area (Å²) in [4.78, 5) is 12.4. The van der Waals surface area contributed by atoms with Crippen molar-refractivity contribution in [2.24, 2.45) is 11.7 Å². The molecule has 1 aliphatic carbocycles. The highest BCUT2D eigenvalue weighted by Crippen LogP contribution is 2.26. The molecule has 1 saturated carbocycles. The lowest BCUT2D eigenvalue weighted by molar-refractivity contribution is -0.125. The van der Waals surface area contributed by atoms with Crippen LogP contribution in [0.15, 0.2) is 42.7 Å². The maximum Gasteiger partial charge on any atom is 0.223 e. The van der Waals surface area contributed by atoms with Crippen LogP contribution in [-0.2, 0) is 4.79 Å². The fourth-order valence-corrected chi connectivity index (χ4v) is 3.14. The van der Waals surface area contributed by atoms with Crippen molar-refractivity contribution in [1.82, 2.24) is 15.1 Å². The molecule has 5 heteroatoms. The van der Waals surface area contributed by atoms with Crippen molar-refractivity contribution in [2.45, 2.75) is 38.3 Å². The van der Waals surface area contributed by atoms with Crippen LogP contribution in [-0.4, -0.2) is 21.7 Å². The Kier molecular flexibility index (Phi) is 4.24. The van der Waals surface area contributed by atoms with Crippen LogP contribution >= 0.6 is 0 Å². The van der Waals surface area contributed by atoms with Crippen molar-refractivity contribution >= 4 is 5.91 Å². The third-order valence-corrected chi connectivity index (χ3v) is 4.36. The van der Waals surface area contributed by atoms with Crippen LogP contribution in [0.1, 0.15) is 37.8 Å². The fourth-order valence-electron chi connectivity index (χ4n) is 3.14. The van der Waals surface area contributed by atoms with Gasteiger partial charge >= 0.3 is 0 Å². The molecular weight excluding hydrogens is 276 g/mol. The number of hydrogen-bond acceptors (Lipinski definition) is 3. The van der Waals surface area contributed by atoms with E-state index in [9.17, 15) is 4.79 Å². The lowest BCUT2D eigenvalue weighted by atomic mass is 10.0. The maximum absolute atomic E-state index is 12.4. The summed E-state index contributed by atoms with van der Waals surface area (Å²) >= 11 is 0. The van der Waals surface area contributed by atoms with Crippen molar-refractivity contribution in [3.8, 4) is 5.69 Å². The molecular formula is C17H22N4O. The minimum absolute atomic E-state index is 0.0503. The number of nitrogens with zero attached hydrogens (tertiary/aromatic N) is 2. The highest BCUT2D eigenvalue weighted by atomic mass is 16.1. The minimum atomic E-state index is -0.0651. The Morgan fingerprint density at radius 3 is 2.86 bits per heavy atom. The standard InChI is InChI=1S/C17H22N4O/c1-12(20-17(22)13-7-8-14(18)11-13)15-5-2-3-6-16(15)21-10-4-9-19-21/h2-6,9-10,12-14H,7-8,11,18H2,1H3,(H,20,22). The molecule has 3 unspecified atom stereocenters. The van der Waals surface area contributed by atoms with Crippen molar-refractivity contribution in [3.05, 3.63) is 48.3 Å². The molecule has 0 bridgehead atoms. The van der Waals surface area contributed by atoms with E-state index in [0.717, 1.165) is 30.5 Å². The van der Waals surface area contributed by atoms with Gasteiger partial charge < -0.3 is 11.1 Å². The highest BCUT2D eigenvalue weighted by Gasteiger charge is 2.28. The van der Waals surface area contributed by atoms with Crippen LogP contribution in [0.5, 0.6) is 0 Å². The maximum atomic E-state index is 12.4. The van der Waals surface area contributed by atoms with Crippen molar-refractivity contribution in [2.75, 3.05) is 0 Å². The number of aromatic nitrogens is 2. The van der Waals surface area contributed by atoms with Gasteiger partial charge in [-0.2, -0.15) is 5.10 Å². The summed E-state index contributed by atoms with van der Waals surface area (Å²) in [6.07, 6.45) is 6.28. The van der Waals surface area contributed by atoms with Gasteiger partial charge in [-0.1, -0.05) is 18.2 Å². The third-order valence-electron chi connectivity index (χ3n) is 4.36. The number of nitrogens with two attached hydrogens (primary N) is 1. The zero-order valence-electron chi connectivity index (χ0n) is 12.8. The number of carbonyl (C=O) groups excluding carboxylic acids is 1. The largest absolute Gasteiger partial charge is 0.349 e. The van der Waals surface area contributed by atoms with Crippen LogP contribution in [0, 0.1) is 5.92 Å². The number of rotatable bonds is 4. The number of nitrogens with one attached hydrogen (secondary N) is 1. The highest BCUT2D eigenvalue weighted by molar-refractivity contribution is 5.79. The van der Waals surface area contributed by atoms with Gasteiger partial charge in [-0.3, -0.25) is 4.79 Å². The van der Waals surface area contributed by atoms with Crippen LogP contribution in [0.2, 0.25) is 0 Å². The van der Waals surface area contributed by atoms with Gasteiger partial charge in [0.05, 0.1) is 11.7 Å². The van der Waals surface area contributed by atoms with E-state index in [1.165, 1.54) is 0 Å². The minimum Gasteiger partial charge on any atom is -0.349 e. The van der Waals surface area contributed by atoms with E-state index < -0.39 is 0 Å². The van der Waals surface area contributed by atoms with E-state index >= 15 is 0 Å². The Morgan fingerprint density at radius 2 is 2.18 bits per heavy atom. The number of amides is 1. The lowest BCUT2D eigenvalue weighted by Crippen LogP contribution is -2.33. The van der Waals surface area contributed by atoms with E-state index in [2.05, 4.69) is 10.4 Å².